The van der Waals surface area contributed by atoms with Gasteiger partial charge in [0.25, 0.3) is 0 Å². The zero-order chi connectivity index (χ0) is 11.2. The largest absolute Gasteiger partial charge is 0.310 e. The number of unbranched alkanes of at least 4 members (excludes halogenated alkanes) is 1. The Balaban J connectivity index is 1.75. The summed E-state index contributed by atoms with van der Waals surface area (Å²) >= 11 is 1.80. The van der Waals surface area contributed by atoms with Crippen molar-refractivity contribution in [2.75, 3.05) is 0 Å². The normalized spacial score (nSPS) is 25.1. The summed E-state index contributed by atoms with van der Waals surface area (Å²) < 4.78 is 0. The van der Waals surface area contributed by atoms with E-state index >= 15 is 0 Å². The lowest BCUT2D eigenvalue weighted by atomic mass is 9.97. The molecule has 1 fully saturated rings. The van der Waals surface area contributed by atoms with E-state index < -0.39 is 0 Å². The van der Waals surface area contributed by atoms with Crippen LogP contribution in [0.2, 0.25) is 0 Å². The lowest BCUT2D eigenvalue weighted by Gasteiger charge is -2.20. The summed E-state index contributed by atoms with van der Waals surface area (Å²) in [5, 5.41) is 8.17. The molecule has 0 saturated heterocycles. The molecule has 0 bridgehead atoms. The molecule has 1 N–H and O–H groups in total. The van der Waals surface area contributed by atoms with E-state index in [0.717, 1.165) is 18.5 Å². The highest BCUT2D eigenvalue weighted by atomic mass is 32.1. The molecule has 0 radical (unpaired) electrons. The average Bonchev–Trinajstić information content (AvgIpc) is 2.94. The van der Waals surface area contributed by atoms with Crippen LogP contribution in [0.1, 0.15) is 51.0 Å². The van der Waals surface area contributed by atoms with Crippen LogP contribution in [0.25, 0.3) is 0 Å². The van der Waals surface area contributed by atoms with Gasteiger partial charge in [-0.3, -0.25) is 0 Å². The zero-order valence-electron chi connectivity index (χ0n) is 10.2. The zero-order valence-corrected chi connectivity index (χ0v) is 11.1. The van der Waals surface area contributed by atoms with Gasteiger partial charge in [0, 0.05) is 12.6 Å². The molecule has 90 valence electrons. The van der Waals surface area contributed by atoms with Gasteiger partial charge in [0.1, 0.15) is 0 Å². The van der Waals surface area contributed by atoms with Crippen LogP contribution in [-0.4, -0.2) is 6.04 Å². The molecule has 0 aliphatic heterocycles. The van der Waals surface area contributed by atoms with Crippen molar-refractivity contribution in [1.82, 2.24) is 5.32 Å². The van der Waals surface area contributed by atoms with Gasteiger partial charge in [-0.25, -0.2) is 0 Å². The molecule has 1 aliphatic rings. The van der Waals surface area contributed by atoms with Gasteiger partial charge in [0.15, 0.2) is 0 Å². The van der Waals surface area contributed by atoms with Gasteiger partial charge in [0.05, 0.1) is 0 Å². The van der Waals surface area contributed by atoms with Crippen LogP contribution in [0.3, 0.4) is 0 Å². The van der Waals surface area contributed by atoms with Crippen LogP contribution in [0, 0.1) is 5.92 Å². The van der Waals surface area contributed by atoms with Crippen molar-refractivity contribution in [2.24, 2.45) is 5.92 Å². The second kappa shape index (κ2) is 6.41. The summed E-state index contributed by atoms with van der Waals surface area (Å²) in [6.45, 7) is 3.36. The number of hydrogen-bond acceptors (Lipinski definition) is 2. The highest BCUT2D eigenvalue weighted by molar-refractivity contribution is 7.07. The predicted octanol–water partition coefficient (Wildman–Crippen LogP) is 4.20. The monoisotopic (exact) mass is 237 g/mol. The molecule has 1 aromatic heterocycles. The third kappa shape index (κ3) is 3.33. The summed E-state index contributed by atoms with van der Waals surface area (Å²) in [4.78, 5) is 0. The van der Waals surface area contributed by atoms with Crippen molar-refractivity contribution in [3.05, 3.63) is 22.4 Å². The minimum Gasteiger partial charge on any atom is -0.310 e. The smallest absolute Gasteiger partial charge is 0.0216 e. The van der Waals surface area contributed by atoms with Crippen LogP contribution in [0.5, 0.6) is 0 Å². The molecule has 1 heterocycles. The van der Waals surface area contributed by atoms with E-state index in [1.54, 1.807) is 11.3 Å². The molecular formula is C14H23NS. The van der Waals surface area contributed by atoms with Crippen molar-refractivity contribution in [2.45, 2.75) is 58.0 Å². The average molecular weight is 237 g/mol. The Bertz CT molecular complexity index is 281. The molecule has 2 rings (SSSR count). The van der Waals surface area contributed by atoms with Gasteiger partial charge in [-0.2, -0.15) is 11.3 Å². The van der Waals surface area contributed by atoms with Gasteiger partial charge in [0.2, 0.25) is 0 Å². The maximum absolute atomic E-state index is 3.75. The first-order valence-corrected chi connectivity index (χ1v) is 7.59. The highest BCUT2D eigenvalue weighted by Gasteiger charge is 2.25. The standard InChI is InChI=1S/C14H23NS/c1-2-3-5-13-6-4-7-14(13)15-10-12-8-9-16-11-12/h8-9,11,13-15H,2-7,10H2,1H3. The van der Waals surface area contributed by atoms with Crippen LogP contribution < -0.4 is 5.32 Å². The second-order valence-electron chi connectivity index (χ2n) is 4.95. The topological polar surface area (TPSA) is 12.0 Å². The van der Waals surface area contributed by atoms with Crippen LogP contribution >= 0.6 is 11.3 Å². The molecule has 1 aliphatic carbocycles. The van der Waals surface area contributed by atoms with E-state index in [1.807, 2.05) is 0 Å². The summed E-state index contributed by atoms with van der Waals surface area (Å²) in [6.07, 6.45) is 8.43. The van der Waals surface area contributed by atoms with E-state index in [9.17, 15) is 0 Å². The predicted molar refractivity (Wildman–Crippen MR) is 71.8 cm³/mol. The highest BCUT2D eigenvalue weighted by Crippen LogP contribution is 2.30. The summed E-state index contributed by atoms with van der Waals surface area (Å²) in [5.74, 6) is 0.943. The molecule has 1 saturated carbocycles. The molecule has 0 spiro atoms. The summed E-state index contributed by atoms with van der Waals surface area (Å²) in [6, 6.07) is 3.01. The maximum atomic E-state index is 3.75. The maximum Gasteiger partial charge on any atom is 0.0216 e. The van der Waals surface area contributed by atoms with Gasteiger partial charge in [-0.15, -0.1) is 0 Å². The Morgan fingerprint density at radius 1 is 1.44 bits per heavy atom. The number of hydrogen-bond donors (Lipinski definition) is 1. The fourth-order valence-electron chi connectivity index (χ4n) is 2.76. The van der Waals surface area contributed by atoms with Crippen molar-refractivity contribution >= 4 is 11.3 Å². The Hall–Kier alpha value is -0.340. The van der Waals surface area contributed by atoms with Crippen molar-refractivity contribution in [3.63, 3.8) is 0 Å². The van der Waals surface area contributed by atoms with Gasteiger partial charge < -0.3 is 5.32 Å². The first kappa shape index (κ1) is 12.1. The summed E-state index contributed by atoms with van der Waals surface area (Å²) in [7, 11) is 0. The third-order valence-corrected chi connectivity index (χ3v) is 4.47. The van der Waals surface area contributed by atoms with E-state index in [0.29, 0.717) is 0 Å². The number of thiophene rings is 1. The Labute approximate surface area is 103 Å². The van der Waals surface area contributed by atoms with Gasteiger partial charge >= 0.3 is 0 Å². The SMILES string of the molecule is CCCCC1CCCC1NCc1ccsc1. The lowest BCUT2D eigenvalue weighted by molar-refractivity contribution is 0.369. The minimum atomic E-state index is 0.784. The van der Waals surface area contributed by atoms with E-state index in [1.165, 1.54) is 44.1 Å². The second-order valence-corrected chi connectivity index (χ2v) is 5.73. The molecule has 2 heteroatoms. The third-order valence-electron chi connectivity index (χ3n) is 3.74. The van der Waals surface area contributed by atoms with Crippen molar-refractivity contribution in [1.29, 1.82) is 0 Å². The Kier molecular flexibility index (Phi) is 4.86. The van der Waals surface area contributed by atoms with Gasteiger partial charge in [-0.1, -0.05) is 26.2 Å². The van der Waals surface area contributed by atoms with E-state index in [2.05, 4.69) is 29.1 Å². The van der Waals surface area contributed by atoms with Gasteiger partial charge in [-0.05, 0) is 47.6 Å². The molecule has 0 amide bonds. The Morgan fingerprint density at radius 3 is 3.12 bits per heavy atom. The minimum absolute atomic E-state index is 0.784. The fraction of sp³-hybridized carbons (Fsp3) is 0.714. The van der Waals surface area contributed by atoms with Crippen LogP contribution in [0.15, 0.2) is 16.8 Å². The first-order valence-electron chi connectivity index (χ1n) is 6.64. The van der Waals surface area contributed by atoms with Crippen molar-refractivity contribution < 1.29 is 0 Å². The molecule has 1 aromatic rings. The quantitative estimate of drug-likeness (QED) is 0.782. The molecule has 1 nitrogen and oxygen atoms in total. The van der Waals surface area contributed by atoms with Crippen LogP contribution in [-0.2, 0) is 6.54 Å². The Morgan fingerprint density at radius 2 is 2.38 bits per heavy atom. The molecular weight excluding hydrogens is 214 g/mol. The van der Waals surface area contributed by atoms with Crippen molar-refractivity contribution in [3.8, 4) is 0 Å². The number of rotatable bonds is 6. The number of nitrogens with one attached hydrogen (secondary N) is 1. The molecule has 0 aromatic carbocycles. The fourth-order valence-corrected chi connectivity index (χ4v) is 3.43. The van der Waals surface area contributed by atoms with Crippen LogP contribution in [0.4, 0.5) is 0 Å². The molecule has 2 atom stereocenters. The summed E-state index contributed by atoms with van der Waals surface area (Å²) in [5.41, 5.74) is 1.45. The first-order chi connectivity index (χ1) is 7.90. The van der Waals surface area contributed by atoms with E-state index in [-0.39, 0.29) is 0 Å². The van der Waals surface area contributed by atoms with E-state index in [4.69, 9.17) is 0 Å². The molecule has 16 heavy (non-hydrogen) atoms. The lowest BCUT2D eigenvalue weighted by Crippen LogP contribution is -2.31. The molecule has 2 unspecified atom stereocenters.